The summed E-state index contributed by atoms with van der Waals surface area (Å²) in [6.07, 6.45) is 3.08. The number of amides is 1. The maximum atomic E-state index is 10.6. The molecule has 0 aliphatic heterocycles. The normalized spacial score (nSPS) is 7.75. The van der Waals surface area contributed by atoms with Gasteiger partial charge in [0, 0.05) is 6.20 Å². The van der Waals surface area contributed by atoms with E-state index in [0.29, 0.717) is 5.69 Å². The lowest BCUT2D eigenvalue weighted by atomic mass is 10.5. The van der Waals surface area contributed by atoms with Gasteiger partial charge in [-0.15, -0.1) is 24.8 Å². The number of carbonyl (C=O) groups excluding carboxylic acids is 1. The second kappa shape index (κ2) is 6.90. The number of hydrogen-bond donors (Lipinski definition) is 3. The maximum Gasteiger partial charge on any atom is 0.238 e. The molecule has 1 heterocycles. The fraction of sp³-hybridized carbons (Fsp3) is 0.200. The van der Waals surface area contributed by atoms with Gasteiger partial charge in [-0.2, -0.15) is 5.10 Å². The molecule has 0 fully saturated rings. The van der Waals surface area contributed by atoms with Crippen molar-refractivity contribution in [2.75, 3.05) is 11.9 Å². The van der Waals surface area contributed by atoms with Crippen LogP contribution in [0.15, 0.2) is 12.4 Å². The van der Waals surface area contributed by atoms with Gasteiger partial charge >= 0.3 is 0 Å². The fourth-order valence-corrected chi connectivity index (χ4v) is 0.531. The maximum absolute atomic E-state index is 10.6. The van der Waals surface area contributed by atoms with E-state index in [1.54, 1.807) is 6.20 Å². The van der Waals surface area contributed by atoms with Crippen LogP contribution in [0.4, 0.5) is 5.69 Å². The first kappa shape index (κ1) is 13.8. The molecular weight excluding hydrogens is 203 g/mol. The van der Waals surface area contributed by atoms with Gasteiger partial charge in [0.15, 0.2) is 0 Å². The highest BCUT2D eigenvalue weighted by Crippen LogP contribution is 1.98. The summed E-state index contributed by atoms with van der Waals surface area (Å²) in [6, 6.07) is 0. The smallest absolute Gasteiger partial charge is 0.238 e. The van der Waals surface area contributed by atoms with Crippen LogP contribution in [0.25, 0.3) is 0 Å². The molecule has 70 valence electrons. The van der Waals surface area contributed by atoms with Crippen molar-refractivity contribution in [3.05, 3.63) is 12.4 Å². The Morgan fingerprint density at radius 2 is 2.33 bits per heavy atom. The molecule has 0 spiro atoms. The van der Waals surface area contributed by atoms with E-state index >= 15 is 0 Å². The molecule has 0 aliphatic rings. The lowest BCUT2D eigenvalue weighted by molar-refractivity contribution is -0.114. The van der Waals surface area contributed by atoms with E-state index in [-0.39, 0.29) is 37.3 Å². The summed E-state index contributed by atoms with van der Waals surface area (Å²) in [7, 11) is 0. The number of nitrogens with zero attached hydrogens (tertiary/aromatic N) is 1. The van der Waals surface area contributed by atoms with Gasteiger partial charge in [-0.3, -0.25) is 9.89 Å². The Labute approximate surface area is 81.9 Å². The summed E-state index contributed by atoms with van der Waals surface area (Å²) < 4.78 is 0. The van der Waals surface area contributed by atoms with Crippen LogP contribution in [-0.2, 0) is 4.79 Å². The van der Waals surface area contributed by atoms with Gasteiger partial charge in [0.1, 0.15) is 0 Å². The van der Waals surface area contributed by atoms with Crippen molar-refractivity contribution < 1.29 is 4.79 Å². The number of aromatic amines is 1. The lowest BCUT2D eigenvalue weighted by Gasteiger charge is -1.95. The van der Waals surface area contributed by atoms with Gasteiger partial charge in [0.05, 0.1) is 18.4 Å². The van der Waals surface area contributed by atoms with Gasteiger partial charge in [-0.05, 0) is 0 Å². The van der Waals surface area contributed by atoms with Crippen molar-refractivity contribution >= 4 is 36.4 Å². The number of halogens is 2. The molecule has 1 amide bonds. The quantitative estimate of drug-likeness (QED) is 0.653. The predicted molar refractivity (Wildman–Crippen MR) is 50.8 cm³/mol. The van der Waals surface area contributed by atoms with Crippen LogP contribution < -0.4 is 11.1 Å². The van der Waals surface area contributed by atoms with Gasteiger partial charge < -0.3 is 11.1 Å². The zero-order valence-corrected chi connectivity index (χ0v) is 7.74. The Balaban J connectivity index is 0. The molecule has 1 aromatic heterocycles. The number of rotatable bonds is 2. The zero-order chi connectivity index (χ0) is 7.40. The minimum Gasteiger partial charge on any atom is -0.322 e. The second-order valence-electron chi connectivity index (χ2n) is 1.74. The van der Waals surface area contributed by atoms with E-state index in [4.69, 9.17) is 5.73 Å². The molecule has 0 bridgehead atoms. The highest BCUT2D eigenvalue weighted by molar-refractivity contribution is 5.91. The summed E-state index contributed by atoms with van der Waals surface area (Å²) >= 11 is 0. The minimum atomic E-state index is -0.221. The Morgan fingerprint density at radius 3 is 2.75 bits per heavy atom. The molecular formula is C5H10Cl2N4O. The zero-order valence-electron chi connectivity index (χ0n) is 6.11. The van der Waals surface area contributed by atoms with Crippen molar-refractivity contribution in [2.45, 2.75) is 0 Å². The molecule has 0 aromatic carbocycles. The number of anilines is 1. The Morgan fingerprint density at radius 1 is 1.67 bits per heavy atom. The standard InChI is InChI=1S/C5H8N4O.2ClH/c6-1-5(10)9-4-2-7-8-3-4;;/h2-3H,1,6H2,(H,7,8)(H,9,10);2*1H. The van der Waals surface area contributed by atoms with E-state index in [1.807, 2.05) is 0 Å². The Hall–Kier alpha value is -0.780. The van der Waals surface area contributed by atoms with Crippen molar-refractivity contribution in [1.82, 2.24) is 10.2 Å². The molecule has 5 nitrogen and oxygen atoms in total. The van der Waals surface area contributed by atoms with E-state index in [2.05, 4.69) is 15.5 Å². The van der Waals surface area contributed by atoms with E-state index in [9.17, 15) is 4.79 Å². The SMILES string of the molecule is Cl.Cl.NCC(=O)Nc1cn[nH]c1. The Kier molecular flexibility index (Phi) is 7.93. The van der Waals surface area contributed by atoms with Gasteiger partial charge in [-0.1, -0.05) is 0 Å². The summed E-state index contributed by atoms with van der Waals surface area (Å²) in [5.74, 6) is -0.221. The molecule has 4 N–H and O–H groups in total. The molecule has 0 unspecified atom stereocenters. The lowest BCUT2D eigenvalue weighted by Crippen LogP contribution is -2.21. The van der Waals surface area contributed by atoms with Crippen molar-refractivity contribution in [2.24, 2.45) is 5.73 Å². The van der Waals surface area contributed by atoms with Crippen LogP contribution in [0.1, 0.15) is 0 Å². The van der Waals surface area contributed by atoms with Crippen molar-refractivity contribution in [3.8, 4) is 0 Å². The van der Waals surface area contributed by atoms with Crippen molar-refractivity contribution in [3.63, 3.8) is 0 Å². The van der Waals surface area contributed by atoms with Crippen LogP contribution >= 0.6 is 24.8 Å². The third kappa shape index (κ3) is 4.17. The largest absolute Gasteiger partial charge is 0.322 e. The third-order valence-corrected chi connectivity index (χ3v) is 0.967. The van der Waals surface area contributed by atoms with E-state index < -0.39 is 0 Å². The fourth-order valence-electron chi connectivity index (χ4n) is 0.531. The third-order valence-electron chi connectivity index (χ3n) is 0.967. The van der Waals surface area contributed by atoms with Crippen LogP contribution in [0.5, 0.6) is 0 Å². The van der Waals surface area contributed by atoms with Crippen LogP contribution in [0.3, 0.4) is 0 Å². The summed E-state index contributed by atoms with van der Waals surface area (Å²) in [4.78, 5) is 10.6. The molecule has 1 rings (SSSR count). The van der Waals surface area contributed by atoms with Crippen LogP contribution in [0, 0.1) is 0 Å². The first-order valence-corrected chi connectivity index (χ1v) is 2.81. The highest BCUT2D eigenvalue weighted by atomic mass is 35.5. The van der Waals surface area contributed by atoms with Crippen molar-refractivity contribution in [1.29, 1.82) is 0 Å². The number of nitrogens with one attached hydrogen (secondary N) is 2. The number of hydrogen-bond acceptors (Lipinski definition) is 3. The van der Waals surface area contributed by atoms with E-state index in [1.165, 1.54) is 6.20 Å². The van der Waals surface area contributed by atoms with Gasteiger partial charge in [0.2, 0.25) is 5.91 Å². The molecule has 1 aromatic rings. The second-order valence-corrected chi connectivity index (χ2v) is 1.74. The molecule has 12 heavy (non-hydrogen) atoms. The first-order chi connectivity index (χ1) is 4.83. The Bertz CT molecular complexity index is 213. The molecule has 0 saturated carbocycles. The molecule has 0 atom stereocenters. The molecule has 0 aliphatic carbocycles. The number of aromatic nitrogens is 2. The van der Waals surface area contributed by atoms with E-state index in [0.717, 1.165) is 0 Å². The summed E-state index contributed by atoms with van der Waals surface area (Å²) in [5.41, 5.74) is 5.68. The monoisotopic (exact) mass is 212 g/mol. The predicted octanol–water partition coefficient (Wildman–Crippen LogP) is 0.150. The van der Waals surface area contributed by atoms with Gasteiger partial charge in [-0.25, -0.2) is 0 Å². The highest BCUT2D eigenvalue weighted by Gasteiger charge is 1.97. The molecule has 0 radical (unpaired) electrons. The molecule has 7 heteroatoms. The average Bonchev–Trinajstić information content (AvgIpc) is 2.40. The summed E-state index contributed by atoms with van der Waals surface area (Å²) in [5, 5.41) is 8.70. The minimum absolute atomic E-state index is 0. The number of nitrogens with two attached hydrogens (primary N) is 1. The number of H-pyrrole nitrogens is 1. The topological polar surface area (TPSA) is 83.8 Å². The first-order valence-electron chi connectivity index (χ1n) is 2.81. The summed E-state index contributed by atoms with van der Waals surface area (Å²) in [6.45, 7) is -0.00875. The van der Waals surface area contributed by atoms with Crippen LogP contribution in [0.2, 0.25) is 0 Å². The van der Waals surface area contributed by atoms with Gasteiger partial charge in [0.25, 0.3) is 0 Å². The van der Waals surface area contributed by atoms with Crippen LogP contribution in [-0.4, -0.2) is 22.6 Å². The average molecular weight is 213 g/mol. The number of carbonyl (C=O) groups is 1. The molecule has 0 saturated heterocycles.